The van der Waals surface area contributed by atoms with Gasteiger partial charge in [-0.05, 0) is 100 Å². The molecule has 9 rings (SSSR count). The molecule has 2 heterocycles. The summed E-state index contributed by atoms with van der Waals surface area (Å²) >= 11 is 0. The lowest BCUT2D eigenvalue weighted by atomic mass is 9.82. The van der Waals surface area contributed by atoms with Gasteiger partial charge >= 0.3 is 0 Å². The number of oxazole rings is 1. The van der Waals surface area contributed by atoms with Gasteiger partial charge in [0.15, 0.2) is 6.39 Å². The third kappa shape index (κ3) is 4.23. The Labute approximate surface area is 272 Å². The van der Waals surface area contributed by atoms with Crippen LogP contribution in [-0.4, -0.2) is 9.55 Å². The lowest BCUT2D eigenvalue weighted by Gasteiger charge is -2.26. The van der Waals surface area contributed by atoms with Gasteiger partial charge in [-0.3, -0.25) is 4.90 Å². The number of fused-ring (bicyclic) bond motifs is 6. The fourth-order valence-corrected chi connectivity index (χ4v) is 7.38. The average Bonchev–Trinajstić information content (AvgIpc) is 3.81. The van der Waals surface area contributed by atoms with Gasteiger partial charge in [0.2, 0.25) is 5.88 Å². The van der Waals surface area contributed by atoms with Crippen LogP contribution in [0.5, 0.6) is 0 Å². The normalized spacial score (nSPS) is 13.2. The van der Waals surface area contributed by atoms with Crippen molar-refractivity contribution in [1.29, 1.82) is 0 Å². The van der Waals surface area contributed by atoms with Crippen LogP contribution in [0, 0.1) is 5.82 Å². The molecule has 47 heavy (non-hydrogen) atoms. The molecule has 0 amide bonds. The van der Waals surface area contributed by atoms with E-state index in [9.17, 15) is 4.39 Å². The molecule has 0 spiro atoms. The van der Waals surface area contributed by atoms with Crippen molar-refractivity contribution in [3.63, 3.8) is 0 Å². The Balaban J connectivity index is 1.12. The first-order valence-electron chi connectivity index (χ1n) is 15.8. The fourth-order valence-electron chi connectivity index (χ4n) is 7.38. The molecule has 0 saturated heterocycles. The predicted octanol–water partition coefficient (Wildman–Crippen LogP) is 11.4. The molecular formula is C42H30FN3O. The summed E-state index contributed by atoms with van der Waals surface area (Å²) in [6.07, 6.45) is 3.23. The van der Waals surface area contributed by atoms with E-state index < -0.39 is 0 Å². The van der Waals surface area contributed by atoms with Crippen LogP contribution in [0.15, 0.2) is 150 Å². The number of hydrogen-bond acceptors (Lipinski definition) is 3. The number of para-hydroxylation sites is 1. The summed E-state index contributed by atoms with van der Waals surface area (Å²) < 4.78 is 21.8. The molecule has 0 bridgehead atoms. The SMILES string of the molecule is CC1(C)c2ccccc2-c2ccc(N(c3ccc(-c4ccc5c(c4)c4ccccc4n5-c4ccc(F)cc4)cc3)c3cnco3)cc21. The number of rotatable bonds is 5. The highest BCUT2D eigenvalue weighted by Crippen LogP contribution is 2.50. The summed E-state index contributed by atoms with van der Waals surface area (Å²) in [7, 11) is 0. The molecule has 4 nitrogen and oxygen atoms in total. The zero-order chi connectivity index (χ0) is 31.7. The summed E-state index contributed by atoms with van der Waals surface area (Å²) in [5.41, 5.74) is 12.4. The zero-order valence-corrected chi connectivity index (χ0v) is 26.0. The molecular weight excluding hydrogens is 581 g/mol. The standard InChI is InChI=1S/C42H30FN3O/c1-42(2)37-9-5-3-7-33(37)34-21-20-32(24-38(34)42)45(41-25-44-26-47-41)30-16-11-27(12-17-30)28-13-22-40-36(23-28)35-8-4-6-10-39(35)46(40)31-18-14-29(43)15-19-31/h3-26H,1-2H3. The number of aromatic nitrogens is 2. The Morgan fingerprint density at radius 2 is 1.34 bits per heavy atom. The van der Waals surface area contributed by atoms with Gasteiger partial charge in [0, 0.05) is 33.2 Å². The number of benzene rings is 6. The van der Waals surface area contributed by atoms with Crippen LogP contribution in [0.25, 0.3) is 49.7 Å². The Morgan fingerprint density at radius 3 is 2.15 bits per heavy atom. The Kier molecular flexibility index (Phi) is 6.00. The van der Waals surface area contributed by atoms with Crippen molar-refractivity contribution >= 4 is 39.1 Å². The number of anilines is 3. The molecule has 8 aromatic rings. The van der Waals surface area contributed by atoms with Crippen LogP contribution in [0.3, 0.4) is 0 Å². The van der Waals surface area contributed by atoms with Crippen molar-refractivity contribution in [2.24, 2.45) is 0 Å². The zero-order valence-electron chi connectivity index (χ0n) is 26.0. The lowest BCUT2D eigenvalue weighted by Crippen LogP contribution is -2.16. The van der Waals surface area contributed by atoms with E-state index in [1.54, 1.807) is 6.20 Å². The highest BCUT2D eigenvalue weighted by Gasteiger charge is 2.35. The number of hydrogen-bond donors (Lipinski definition) is 0. The molecule has 6 aromatic carbocycles. The molecule has 226 valence electrons. The van der Waals surface area contributed by atoms with E-state index in [1.807, 2.05) is 18.2 Å². The van der Waals surface area contributed by atoms with Crippen molar-refractivity contribution in [1.82, 2.24) is 9.55 Å². The Hall–Kier alpha value is -5.94. The number of halogens is 1. The molecule has 5 heteroatoms. The second-order valence-corrected chi connectivity index (χ2v) is 12.7. The van der Waals surface area contributed by atoms with Gasteiger partial charge in [0.1, 0.15) is 5.82 Å². The van der Waals surface area contributed by atoms with Gasteiger partial charge < -0.3 is 8.98 Å². The average molecular weight is 612 g/mol. The van der Waals surface area contributed by atoms with E-state index >= 15 is 0 Å². The van der Waals surface area contributed by atoms with Crippen molar-refractivity contribution in [2.75, 3.05) is 4.90 Å². The van der Waals surface area contributed by atoms with Crippen LogP contribution >= 0.6 is 0 Å². The highest BCUT2D eigenvalue weighted by atomic mass is 19.1. The van der Waals surface area contributed by atoms with Gasteiger partial charge in [-0.25, -0.2) is 9.37 Å². The highest BCUT2D eigenvalue weighted by molar-refractivity contribution is 6.10. The third-order valence-electron chi connectivity index (χ3n) is 9.68. The maximum atomic E-state index is 13.8. The molecule has 0 fully saturated rings. The van der Waals surface area contributed by atoms with Crippen molar-refractivity contribution in [3.8, 4) is 27.9 Å². The van der Waals surface area contributed by atoms with Crippen LogP contribution in [0.2, 0.25) is 0 Å². The van der Waals surface area contributed by atoms with Gasteiger partial charge in [-0.2, -0.15) is 0 Å². The van der Waals surface area contributed by atoms with Gasteiger partial charge in [0.05, 0.1) is 17.2 Å². The minimum atomic E-state index is -0.243. The fraction of sp³-hybridized carbons (Fsp3) is 0.0714. The summed E-state index contributed by atoms with van der Waals surface area (Å²) in [6, 6.07) is 45.6. The molecule has 0 aliphatic heterocycles. The minimum Gasteiger partial charge on any atom is -0.427 e. The monoisotopic (exact) mass is 611 g/mol. The van der Waals surface area contributed by atoms with Crippen molar-refractivity contribution < 1.29 is 8.81 Å². The largest absolute Gasteiger partial charge is 0.427 e. The maximum Gasteiger partial charge on any atom is 0.224 e. The molecule has 0 atom stereocenters. The van der Waals surface area contributed by atoms with E-state index in [0.29, 0.717) is 5.88 Å². The third-order valence-corrected chi connectivity index (χ3v) is 9.68. The summed E-state index contributed by atoms with van der Waals surface area (Å²) in [6.45, 7) is 4.59. The number of nitrogens with zero attached hydrogens (tertiary/aromatic N) is 3. The maximum absolute atomic E-state index is 13.8. The summed E-state index contributed by atoms with van der Waals surface area (Å²) in [5.74, 6) is 0.411. The van der Waals surface area contributed by atoms with Crippen LogP contribution in [0.1, 0.15) is 25.0 Å². The minimum absolute atomic E-state index is 0.114. The topological polar surface area (TPSA) is 34.2 Å². The molecule has 0 radical (unpaired) electrons. The van der Waals surface area contributed by atoms with Crippen LogP contribution < -0.4 is 4.90 Å². The molecule has 0 saturated carbocycles. The smallest absolute Gasteiger partial charge is 0.224 e. The lowest BCUT2D eigenvalue weighted by molar-refractivity contribution is 0.564. The first-order valence-corrected chi connectivity index (χ1v) is 15.8. The van der Waals surface area contributed by atoms with E-state index in [0.717, 1.165) is 50.0 Å². The van der Waals surface area contributed by atoms with Crippen molar-refractivity contribution in [3.05, 3.63) is 163 Å². The van der Waals surface area contributed by atoms with Gasteiger partial charge in [-0.1, -0.05) is 80.6 Å². The quantitative estimate of drug-likeness (QED) is 0.194. The van der Waals surface area contributed by atoms with Gasteiger partial charge in [-0.15, -0.1) is 0 Å². The van der Waals surface area contributed by atoms with E-state index in [2.05, 4.69) is 131 Å². The van der Waals surface area contributed by atoms with Crippen LogP contribution in [0.4, 0.5) is 21.6 Å². The second kappa shape index (κ2) is 10.3. The molecule has 1 aliphatic rings. The Morgan fingerprint density at radius 1 is 0.638 bits per heavy atom. The molecule has 0 N–H and O–H groups in total. The van der Waals surface area contributed by atoms with Gasteiger partial charge in [0.25, 0.3) is 0 Å². The second-order valence-electron chi connectivity index (χ2n) is 12.7. The van der Waals surface area contributed by atoms with E-state index in [1.165, 1.54) is 40.8 Å². The molecule has 1 aliphatic carbocycles. The van der Waals surface area contributed by atoms with Crippen molar-refractivity contribution in [2.45, 2.75) is 19.3 Å². The summed E-state index contributed by atoms with van der Waals surface area (Å²) in [5, 5.41) is 2.31. The summed E-state index contributed by atoms with van der Waals surface area (Å²) in [4.78, 5) is 6.37. The first-order chi connectivity index (χ1) is 23.0. The predicted molar refractivity (Wildman–Crippen MR) is 188 cm³/mol. The first kappa shape index (κ1) is 27.4. The Bertz CT molecular complexity index is 2440. The molecule has 0 unspecified atom stereocenters. The van der Waals surface area contributed by atoms with E-state index in [-0.39, 0.29) is 11.2 Å². The molecule has 2 aromatic heterocycles. The van der Waals surface area contributed by atoms with Crippen LogP contribution in [-0.2, 0) is 5.41 Å². The van der Waals surface area contributed by atoms with E-state index in [4.69, 9.17) is 4.42 Å².